The van der Waals surface area contributed by atoms with Crippen molar-refractivity contribution in [1.29, 1.82) is 0 Å². The summed E-state index contributed by atoms with van der Waals surface area (Å²) in [5.41, 5.74) is 0. The zero-order valence-corrected chi connectivity index (χ0v) is 14.7. The third-order valence-electron chi connectivity index (χ3n) is 3.69. The summed E-state index contributed by atoms with van der Waals surface area (Å²) in [6.45, 7) is 0. The van der Waals surface area contributed by atoms with Crippen LogP contribution in [0.5, 0.6) is 11.5 Å². The largest absolute Gasteiger partial charge is 0.496 e. The van der Waals surface area contributed by atoms with Crippen molar-refractivity contribution >= 4 is 20.9 Å². The lowest BCUT2D eigenvalue weighted by molar-refractivity contribution is -0.382. The number of rotatable bonds is 6. The molecule has 0 bridgehead atoms. The molecule has 0 atom stereocenters. The van der Waals surface area contributed by atoms with E-state index in [0.29, 0.717) is 6.07 Å². The van der Waals surface area contributed by atoms with Crippen molar-refractivity contribution in [2.45, 2.75) is 23.3 Å². The molecule has 0 unspecified atom stereocenters. The topological polar surface area (TPSA) is 52.6 Å². The Morgan fingerprint density at radius 2 is 1.17 bits per heavy atom. The normalized spacial score (nSPS) is 14.1. The van der Waals surface area contributed by atoms with Crippen LogP contribution in [0.25, 0.3) is 10.8 Å². The second-order valence-electron chi connectivity index (χ2n) is 5.51. The molecule has 2 aromatic rings. The summed E-state index contributed by atoms with van der Waals surface area (Å²) < 4.78 is 149. The first-order valence-corrected chi connectivity index (χ1v) is 8.62. The molecule has 0 fully saturated rings. The molecule has 0 aliphatic heterocycles. The van der Waals surface area contributed by atoms with Crippen LogP contribution >= 0.6 is 0 Å². The first-order chi connectivity index (χ1) is 13.0. The van der Waals surface area contributed by atoms with Gasteiger partial charge < -0.3 is 8.92 Å². The molecule has 0 radical (unpaired) electrons. The summed E-state index contributed by atoms with van der Waals surface area (Å²) in [5, 5.41) is -7.17. The lowest BCUT2D eigenvalue weighted by Gasteiger charge is -2.32. The zero-order valence-electron chi connectivity index (χ0n) is 13.9. The number of benzene rings is 2. The number of ether oxygens (including phenoxy) is 1. The van der Waals surface area contributed by atoms with Gasteiger partial charge in [0.25, 0.3) is 0 Å². The van der Waals surface area contributed by atoms with Gasteiger partial charge >= 0.3 is 33.4 Å². The summed E-state index contributed by atoms with van der Waals surface area (Å²) in [6.07, 6.45) is -7.16. The quantitative estimate of drug-likeness (QED) is 0.455. The highest BCUT2D eigenvalue weighted by molar-refractivity contribution is 7.88. The van der Waals surface area contributed by atoms with Crippen LogP contribution in [0, 0.1) is 0 Å². The highest BCUT2D eigenvalue weighted by Gasteiger charge is 2.86. The van der Waals surface area contributed by atoms with Crippen molar-refractivity contribution in [3.63, 3.8) is 0 Å². The zero-order chi connectivity index (χ0) is 22.5. The van der Waals surface area contributed by atoms with Gasteiger partial charge in [0.15, 0.2) is 5.75 Å². The van der Waals surface area contributed by atoms with E-state index in [9.17, 15) is 47.9 Å². The maximum Gasteiger partial charge on any atom is 0.460 e. The molecule has 162 valence electrons. The number of fused-ring (bicyclic) bond motifs is 1. The van der Waals surface area contributed by atoms with Gasteiger partial charge in [-0.3, -0.25) is 0 Å². The van der Waals surface area contributed by atoms with Gasteiger partial charge in [-0.25, -0.2) is 0 Å². The minimum absolute atomic E-state index is 0.0541. The van der Waals surface area contributed by atoms with E-state index in [-0.39, 0.29) is 16.5 Å². The van der Waals surface area contributed by atoms with E-state index >= 15 is 0 Å². The molecular weight excluding hydrogens is 447 g/mol. The minimum Gasteiger partial charge on any atom is -0.496 e. The summed E-state index contributed by atoms with van der Waals surface area (Å²) >= 11 is 0. The molecule has 0 aliphatic rings. The predicted molar refractivity (Wildman–Crippen MR) is 80.9 cm³/mol. The Hall–Kier alpha value is -2.38. The molecule has 0 spiro atoms. The Labute approximate surface area is 156 Å². The number of methoxy groups -OCH3 is 1. The van der Waals surface area contributed by atoms with E-state index in [1.807, 2.05) is 0 Å². The van der Waals surface area contributed by atoms with E-state index in [4.69, 9.17) is 4.74 Å². The number of halogens is 9. The monoisotopic (exact) mass is 456 g/mol. The van der Waals surface area contributed by atoms with E-state index in [1.54, 1.807) is 0 Å². The van der Waals surface area contributed by atoms with Crippen LogP contribution in [0.1, 0.15) is 0 Å². The Morgan fingerprint density at radius 3 is 1.62 bits per heavy atom. The van der Waals surface area contributed by atoms with Gasteiger partial charge in [-0.05, 0) is 12.1 Å². The van der Waals surface area contributed by atoms with Gasteiger partial charge in [-0.15, -0.1) is 0 Å². The van der Waals surface area contributed by atoms with Gasteiger partial charge in [-0.2, -0.15) is 47.9 Å². The van der Waals surface area contributed by atoms with Crippen molar-refractivity contribution < 1.29 is 56.9 Å². The molecule has 0 saturated carbocycles. The van der Waals surface area contributed by atoms with Crippen LogP contribution in [0.2, 0.25) is 0 Å². The Kier molecular flexibility index (Phi) is 5.41. The standard InChI is InChI=1S/C15H9F9O4S/c1-27-10-6-7-11(9-5-3-2-4-8(9)10)28-29(25,26)15(23,24)13(18,19)12(16,17)14(20,21)22/h2-7H,1H3. The van der Waals surface area contributed by atoms with Crippen LogP contribution in [-0.2, 0) is 10.1 Å². The second kappa shape index (κ2) is 6.85. The third-order valence-corrected chi connectivity index (χ3v) is 4.98. The van der Waals surface area contributed by atoms with E-state index < -0.39 is 39.1 Å². The van der Waals surface area contributed by atoms with Gasteiger partial charge in [0.1, 0.15) is 5.75 Å². The molecule has 2 rings (SSSR count). The molecule has 0 saturated heterocycles. The molecule has 14 heteroatoms. The summed E-state index contributed by atoms with van der Waals surface area (Å²) in [4.78, 5) is 0. The molecule has 29 heavy (non-hydrogen) atoms. The SMILES string of the molecule is COc1ccc(OS(=O)(=O)C(F)(F)C(F)(F)C(F)(F)C(F)(F)F)c2ccccc12. The van der Waals surface area contributed by atoms with Crippen LogP contribution in [0.3, 0.4) is 0 Å². The maximum atomic E-state index is 13.8. The average molecular weight is 456 g/mol. The van der Waals surface area contributed by atoms with Crippen LogP contribution in [-0.4, -0.2) is 38.8 Å². The highest BCUT2D eigenvalue weighted by Crippen LogP contribution is 2.55. The number of hydrogen-bond acceptors (Lipinski definition) is 4. The van der Waals surface area contributed by atoms with Crippen molar-refractivity contribution in [1.82, 2.24) is 0 Å². The smallest absolute Gasteiger partial charge is 0.460 e. The molecule has 0 aliphatic carbocycles. The summed E-state index contributed by atoms with van der Waals surface area (Å²) in [7, 11) is -5.84. The first kappa shape index (κ1) is 22.9. The Morgan fingerprint density at radius 1 is 0.724 bits per heavy atom. The molecule has 0 N–H and O–H groups in total. The third kappa shape index (κ3) is 3.42. The molecule has 0 aromatic heterocycles. The van der Waals surface area contributed by atoms with Crippen molar-refractivity contribution in [2.24, 2.45) is 0 Å². The number of alkyl halides is 9. The van der Waals surface area contributed by atoms with Crippen molar-refractivity contribution in [3.8, 4) is 11.5 Å². The molecule has 2 aromatic carbocycles. The highest BCUT2D eigenvalue weighted by atomic mass is 32.2. The maximum absolute atomic E-state index is 13.8. The minimum atomic E-state index is -7.38. The molecular formula is C15H9F9O4S. The summed E-state index contributed by atoms with van der Waals surface area (Å²) in [6, 6.07) is 6.69. The first-order valence-electron chi connectivity index (χ1n) is 7.21. The van der Waals surface area contributed by atoms with E-state index in [0.717, 1.165) is 12.1 Å². The summed E-state index contributed by atoms with van der Waals surface area (Å²) in [5.74, 6) is -15.7. The molecule has 4 nitrogen and oxygen atoms in total. The second-order valence-corrected chi connectivity index (χ2v) is 7.10. The number of hydrogen-bond donors (Lipinski definition) is 0. The lowest BCUT2D eigenvalue weighted by Crippen LogP contribution is -2.63. The Bertz CT molecular complexity index is 1020. The molecule has 0 amide bonds. The van der Waals surface area contributed by atoms with Gasteiger partial charge in [-0.1, -0.05) is 24.3 Å². The van der Waals surface area contributed by atoms with Crippen LogP contribution in [0.15, 0.2) is 36.4 Å². The van der Waals surface area contributed by atoms with E-state index in [2.05, 4.69) is 4.18 Å². The van der Waals surface area contributed by atoms with Crippen molar-refractivity contribution in [2.75, 3.05) is 7.11 Å². The fourth-order valence-electron chi connectivity index (χ4n) is 2.18. The average Bonchev–Trinajstić information content (AvgIpc) is 2.60. The van der Waals surface area contributed by atoms with Crippen LogP contribution < -0.4 is 8.92 Å². The van der Waals surface area contributed by atoms with E-state index in [1.165, 1.54) is 25.3 Å². The Balaban J connectivity index is 2.58. The van der Waals surface area contributed by atoms with Gasteiger partial charge in [0.2, 0.25) is 0 Å². The lowest BCUT2D eigenvalue weighted by atomic mass is 10.1. The fraction of sp³-hybridized carbons (Fsp3) is 0.333. The fourth-order valence-corrected chi connectivity index (χ4v) is 3.11. The molecule has 0 heterocycles. The van der Waals surface area contributed by atoms with Gasteiger partial charge in [0, 0.05) is 10.8 Å². The van der Waals surface area contributed by atoms with Crippen LogP contribution in [0.4, 0.5) is 39.5 Å². The van der Waals surface area contributed by atoms with Gasteiger partial charge in [0.05, 0.1) is 7.11 Å². The van der Waals surface area contributed by atoms with Crippen molar-refractivity contribution in [3.05, 3.63) is 36.4 Å². The predicted octanol–water partition coefficient (Wildman–Crippen LogP) is 4.98.